The Hall–Kier alpha value is -3.67. The van der Waals surface area contributed by atoms with E-state index in [9.17, 15) is 4.79 Å². The average Bonchev–Trinajstić information content (AvgIpc) is 3.61. The van der Waals surface area contributed by atoms with Gasteiger partial charge in [0.2, 0.25) is 5.88 Å². The van der Waals surface area contributed by atoms with Crippen molar-refractivity contribution in [3.8, 4) is 11.6 Å². The number of amides is 2. The minimum Gasteiger partial charge on any atom is -0.437 e. The highest BCUT2D eigenvalue weighted by Gasteiger charge is 2.40. The Kier molecular flexibility index (Phi) is 6.07. The molecule has 0 unspecified atom stereocenters. The van der Waals surface area contributed by atoms with Crippen molar-refractivity contribution < 1.29 is 9.53 Å². The van der Waals surface area contributed by atoms with Crippen LogP contribution in [0.25, 0.3) is 6.08 Å². The number of likely N-dealkylation sites (tertiary alicyclic amines) is 1. The SMILES string of the molecule is Cc1cnc(Oc2cccc(C=C3CCN(C(=O)N[C@H]4C[C@@H]4c4ccccc4)CC3)c2)cn1. The Labute approximate surface area is 194 Å². The van der Waals surface area contributed by atoms with Crippen molar-refractivity contribution in [1.82, 2.24) is 20.2 Å². The van der Waals surface area contributed by atoms with Gasteiger partial charge in [-0.15, -0.1) is 0 Å². The number of nitrogens with one attached hydrogen (secondary N) is 1. The lowest BCUT2D eigenvalue weighted by Crippen LogP contribution is -2.44. The zero-order chi connectivity index (χ0) is 22.6. The first-order chi connectivity index (χ1) is 16.1. The lowest BCUT2D eigenvalue weighted by molar-refractivity contribution is 0.193. The molecule has 1 saturated carbocycles. The van der Waals surface area contributed by atoms with Crippen LogP contribution in [0.15, 0.2) is 72.6 Å². The van der Waals surface area contributed by atoms with E-state index in [0.717, 1.165) is 49.4 Å². The van der Waals surface area contributed by atoms with E-state index >= 15 is 0 Å². The van der Waals surface area contributed by atoms with Crippen LogP contribution in [0.5, 0.6) is 11.6 Å². The number of piperidine rings is 1. The van der Waals surface area contributed by atoms with Crippen LogP contribution in [-0.2, 0) is 0 Å². The second-order valence-electron chi connectivity index (χ2n) is 8.77. The molecule has 168 valence electrons. The van der Waals surface area contributed by atoms with Gasteiger partial charge in [0.25, 0.3) is 0 Å². The molecular formula is C27H28N4O2. The van der Waals surface area contributed by atoms with Gasteiger partial charge in [0.05, 0.1) is 18.1 Å². The van der Waals surface area contributed by atoms with Crippen molar-refractivity contribution in [3.63, 3.8) is 0 Å². The zero-order valence-corrected chi connectivity index (χ0v) is 18.8. The van der Waals surface area contributed by atoms with Crippen molar-refractivity contribution in [2.45, 2.75) is 38.1 Å². The van der Waals surface area contributed by atoms with Gasteiger partial charge in [-0.25, -0.2) is 9.78 Å². The molecule has 6 nitrogen and oxygen atoms in total. The zero-order valence-electron chi connectivity index (χ0n) is 18.8. The Morgan fingerprint density at radius 3 is 2.64 bits per heavy atom. The van der Waals surface area contributed by atoms with Gasteiger partial charge < -0.3 is 15.0 Å². The van der Waals surface area contributed by atoms with Gasteiger partial charge in [0.15, 0.2) is 0 Å². The van der Waals surface area contributed by atoms with Gasteiger partial charge in [0.1, 0.15) is 5.75 Å². The minimum atomic E-state index is 0.0621. The van der Waals surface area contributed by atoms with Gasteiger partial charge >= 0.3 is 6.03 Å². The molecule has 2 fully saturated rings. The number of carbonyl (C=O) groups is 1. The third kappa shape index (κ3) is 5.40. The summed E-state index contributed by atoms with van der Waals surface area (Å²) in [7, 11) is 0. The van der Waals surface area contributed by atoms with Crippen LogP contribution >= 0.6 is 0 Å². The van der Waals surface area contributed by atoms with Crippen molar-refractivity contribution in [2.75, 3.05) is 13.1 Å². The van der Waals surface area contributed by atoms with E-state index in [1.807, 2.05) is 36.1 Å². The van der Waals surface area contributed by atoms with Crippen LogP contribution in [0.4, 0.5) is 4.79 Å². The molecule has 3 aromatic rings. The molecule has 0 spiro atoms. The second-order valence-corrected chi connectivity index (χ2v) is 8.77. The van der Waals surface area contributed by atoms with E-state index < -0.39 is 0 Å². The van der Waals surface area contributed by atoms with Crippen LogP contribution in [0.1, 0.15) is 42.0 Å². The molecule has 2 aliphatic rings. The molecule has 6 heteroatoms. The van der Waals surface area contributed by atoms with Crippen LogP contribution in [0.2, 0.25) is 0 Å². The predicted molar refractivity (Wildman–Crippen MR) is 128 cm³/mol. The molecule has 1 saturated heterocycles. The normalized spacial score (nSPS) is 19.7. The number of nitrogens with zero attached hydrogens (tertiary/aromatic N) is 3. The molecule has 1 N–H and O–H groups in total. The molecule has 1 aromatic heterocycles. The number of hydrogen-bond donors (Lipinski definition) is 1. The molecule has 0 bridgehead atoms. The number of carbonyl (C=O) groups excluding carboxylic acids is 1. The summed E-state index contributed by atoms with van der Waals surface area (Å²) < 4.78 is 5.83. The second kappa shape index (κ2) is 9.45. The summed E-state index contributed by atoms with van der Waals surface area (Å²) in [6, 6.07) is 18.7. The van der Waals surface area contributed by atoms with Gasteiger partial charge in [0, 0.05) is 25.0 Å². The van der Waals surface area contributed by atoms with E-state index in [2.05, 4.69) is 51.7 Å². The number of aryl methyl sites for hydroxylation is 1. The molecule has 33 heavy (non-hydrogen) atoms. The number of rotatable bonds is 5. The average molecular weight is 441 g/mol. The maximum Gasteiger partial charge on any atom is 0.317 e. The van der Waals surface area contributed by atoms with Crippen molar-refractivity contribution in [1.29, 1.82) is 0 Å². The predicted octanol–water partition coefficient (Wildman–Crippen LogP) is 5.32. The standard InChI is InChI=1S/C27H28N4O2/c1-19-17-29-26(18-28-19)33-23-9-5-6-21(15-23)14-20-10-12-31(13-11-20)27(32)30-25-16-24(25)22-7-3-2-4-8-22/h2-9,14-15,17-18,24-25H,10-13,16H2,1H3,(H,30,32)/t24-,25+/m1/s1. The fourth-order valence-electron chi connectivity index (χ4n) is 4.27. The third-order valence-electron chi connectivity index (χ3n) is 6.23. The first kappa shape index (κ1) is 21.2. The smallest absolute Gasteiger partial charge is 0.317 e. The number of ether oxygens (including phenoxy) is 1. The highest BCUT2D eigenvalue weighted by atomic mass is 16.5. The highest BCUT2D eigenvalue weighted by molar-refractivity contribution is 5.75. The molecular weight excluding hydrogens is 412 g/mol. The van der Waals surface area contributed by atoms with Crippen molar-refractivity contribution >= 4 is 12.1 Å². The largest absolute Gasteiger partial charge is 0.437 e. The maximum absolute atomic E-state index is 12.7. The molecule has 1 aliphatic carbocycles. The lowest BCUT2D eigenvalue weighted by Gasteiger charge is -2.28. The number of hydrogen-bond acceptors (Lipinski definition) is 4. The first-order valence-electron chi connectivity index (χ1n) is 11.5. The molecule has 0 radical (unpaired) electrons. The van der Waals surface area contributed by atoms with Gasteiger partial charge in [-0.2, -0.15) is 0 Å². The minimum absolute atomic E-state index is 0.0621. The van der Waals surface area contributed by atoms with Gasteiger partial charge in [-0.1, -0.05) is 54.1 Å². The Balaban J connectivity index is 1.13. The van der Waals surface area contributed by atoms with Crippen molar-refractivity contribution in [2.24, 2.45) is 0 Å². The van der Waals surface area contributed by atoms with Gasteiger partial charge in [-0.3, -0.25) is 4.98 Å². The Morgan fingerprint density at radius 1 is 1.06 bits per heavy atom. The fourth-order valence-corrected chi connectivity index (χ4v) is 4.27. The maximum atomic E-state index is 12.7. The molecule has 2 heterocycles. The molecule has 2 atom stereocenters. The Morgan fingerprint density at radius 2 is 1.88 bits per heavy atom. The van der Waals surface area contributed by atoms with E-state index in [1.54, 1.807) is 12.4 Å². The lowest BCUT2D eigenvalue weighted by atomic mass is 10.0. The Bertz CT molecular complexity index is 1130. The monoisotopic (exact) mass is 440 g/mol. The molecule has 1 aliphatic heterocycles. The van der Waals surface area contributed by atoms with Crippen LogP contribution < -0.4 is 10.1 Å². The summed E-state index contributed by atoms with van der Waals surface area (Å²) in [4.78, 5) is 23.1. The fraction of sp³-hybridized carbons (Fsp3) is 0.296. The number of urea groups is 1. The number of aromatic nitrogens is 2. The molecule has 2 aromatic carbocycles. The summed E-state index contributed by atoms with van der Waals surface area (Å²) in [6.07, 6.45) is 8.32. The van der Waals surface area contributed by atoms with Crippen LogP contribution in [0.3, 0.4) is 0 Å². The first-order valence-corrected chi connectivity index (χ1v) is 11.5. The summed E-state index contributed by atoms with van der Waals surface area (Å²) >= 11 is 0. The van der Waals surface area contributed by atoms with E-state index in [0.29, 0.717) is 11.8 Å². The van der Waals surface area contributed by atoms with E-state index in [-0.39, 0.29) is 12.1 Å². The van der Waals surface area contributed by atoms with Gasteiger partial charge in [-0.05, 0) is 49.4 Å². The third-order valence-corrected chi connectivity index (χ3v) is 6.23. The van der Waals surface area contributed by atoms with Crippen LogP contribution in [0, 0.1) is 6.92 Å². The highest BCUT2D eigenvalue weighted by Crippen LogP contribution is 2.40. The number of benzene rings is 2. The summed E-state index contributed by atoms with van der Waals surface area (Å²) in [5, 5.41) is 3.21. The van der Waals surface area contributed by atoms with Crippen molar-refractivity contribution in [3.05, 3.63) is 89.4 Å². The summed E-state index contributed by atoms with van der Waals surface area (Å²) in [5.74, 6) is 1.67. The molecule has 2 amide bonds. The topological polar surface area (TPSA) is 67.3 Å². The van der Waals surface area contributed by atoms with E-state index in [4.69, 9.17) is 4.74 Å². The van der Waals surface area contributed by atoms with Crippen LogP contribution in [-0.4, -0.2) is 40.0 Å². The van der Waals surface area contributed by atoms with E-state index in [1.165, 1.54) is 11.1 Å². The quantitative estimate of drug-likeness (QED) is 0.583. The summed E-state index contributed by atoms with van der Waals surface area (Å²) in [5.41, 5.74) is 4.60. The summed E-state index contributed by atoms with van der Waals surface area (Å²) in [6.45, 7) is 3.39. The molecule has 5 rings (SSSR count).